The molecule has 1 fully saturated rings. The lowest BCUT2D eigenvalue weighted by Gasteiger charge is -2.24. The number of likely N-dealkylation sites (tertiary alicyclic amines) is 1. The zero-order valence-corrected chi connectivity index (χ0v) is 11.7. The Kier molecular flexibility index (Phi) is 5.78. The fraction of sp³-hybridized carbons (Fsp3) is 0.833. The number of carbonyl (C=O) groups is 2. The van der Waals surface area contributed by atoms with Crippen LogP contribution in [0.2, 0.25) is 0 Å². The molecule has 1 aliphatic heterocycles. The lowest BCUT2D eigenvalue weighted by molar-refractivity contribution is -0.136. The fourth-order valence-corrected chi connectivity index (χ4v) is 3.21. The molecule has 0 saturated carbocycles. The van der Waals surface area contributed by atoms with E-state index in [1.54, 1.807) is 11.8 Å². The van der Waals surface area contributed by atoms with Crippen LogP contribution in [0.5, 0.6) is 0 Å². The van der Waals surface area contributed by atoms with Crippen LogP contribution in [0.1, 0.15) is 39.5 Å². The van der Waals surface area contributed by atoms with Crippen LogP contribution < -0.4 is 0 Å². The summed E-state index contributed by atoms with van der Waals surface area (Å²) < 4.78 is 11.9. The highest BCUT2D eigenvalue weighted by molar-refractivity contribution is 7.87. The molecule has 3 unspecified atom stereocenters. The van der Waals surface area contributed by atoms with Crippen LogP contribution >= 0.6 is 0 Å². The Balaban J connectivity index is 2.64. The highest BCUT2D eigenvalue weighted by Crippen LogP contribution is 2.14. The number of hydrogen-bond acceptors (Lipinski definition) is 3. The van der Waals surface area contributed by atoms with Crippen molar-refractivity contribution in [2.24, 2.45) is 0 Å². The second-order valence-corrected chi connectivity index (χ2v) is 6.76. The minimum atomic E-state index is -1.67. The van der Waals surface area contributed by atoms with Crippen LogP contribution in [0.3, 0.4) is 0 Å². The molecule has 0 radical (unpaired) electrons. The maximum Gasteiger partial charge on any atom is 0.319 e. The van der Waals surface area contributed by atoms with Gasteiger partial charge in [0, 0.05) is 23.9 Å². The lowest BCUT2D eigenvalue weighted by atomic mass is 10.2. The Morgan fingerprint density at radius 1 is 1.06 bits per heavy atom. The molecule has 1 saturated heterocycles. The summed E-state index contributed by atoms with van der Waals surface area (Å²) in [6.07, 6.45) is 4.18. The first kappa shape index (κ1) is 15.1. The maximum absolute atomic E-state index is 12.2. The molecule has 0 aromatic heterocycles. The second-order valence-electron chi connectivity index (χ2n) is 4.69. The molecule has 0 aliphatic carbocycles. The maximum atomic E-state index is 12.2. The van der Waals surface area contributed by atoms with Crippen molar-refractivity contribution in [3.8, 4) is 0 Å². The molecule has 1 N–H and O–H groups in total. The predicted octanol–water partition coefficient (Wildman–Crippen LogP) is 0.999. The Morgan fingerprint density at radius 2 is 1.56 bits per heavy atom. The van der Waals surface area contributed by atoms with Crippen molar-refractivity contribution in [3.63, 3.8) is 0 Å². The average Bonchev–Trinajstić information content (AvgIpc) is 2.63. The van der Waals surface area contributed by atoms with Gasteiger partial charge in [0.25, 0.3) is 0 Å². The predicted molar refractivity (Wildman–Crippen MR) is 69.8 cm³/mol. The van der Waals surface area contributed by atoms with Gasteiger partial charge in [-0.15, -0.1) is 0 Å². The number of carboxylic acids is 1. The van der Waals surface area contributed by atoms with Crippen LogP contribution in [-0.4, -0.2) is 49.7 Å². The lowest BCUT2D eigenvalue weighted by Crippen LogP contribution is -2.43. The average molecular weight is 275 g/mol. The largest absolute Gasteiger partial charge is 0.480 e. The molecule has 1 rings (SSSR count). The third kappa shape index (κ3) is 3.80. The summed E-state index contributed by atoms with van der Waals surface area (Å²) in [6, 6.07) is 0. The van der Waals surface area contributed by atoms with Crippen LogP contribution in [0.15, 0.2) is 0 Å². The summed E-state index contributed by atoms with van der Waals surface area (Å²) in [5, 5.41) is 7.08. The summed E-state index contributed by atoms with van der Waals surface area (Å²) in [4.78, 5) is 24.7. The van der Waals surface area contributed by atoms with Crippen LogP contribution in [0, 0.1) is 0 Å². The van der Waals surface area contributed by atoms with Gasteiger partial charge in [-0.05, 0) is 26.7 Å². The SMILES string of the molecule is CC(C(=O)O)S(=O)C(C)C(=O)N1CCCCCC1. The third-order valence-electron chi connectivity index (χ3n) is 3.31. The van der Waals surface area contributed by atoms with E-state index < -0.39 is 27.3 Å². The quantitative estimate of drug-likeness (QED) is 0.830. The van der Waals surface area contributed by atoms with Crippen LogP contribution in [-0.2, 0) is 20.4 Å². The van der Waals surface area contributed by atoms with Gasteiger partial charge in [-0.25, -0.2) is 0 Å². The van der Waals surface area contributed by atoms with Gasteiger partial charge in [0.05, 0.1) is 0 Å². The monoisotopic (exact) mass is 275 g/mol. The van der Waals surface area contributed by atoms with Gasteiger partial charge in [-0.2, -0.15) is 0 Å². The van der Waals surface area contributed by atoms with E-state index in [2.05, 4.69) is 0 Å². The first-order valence-electron chi connectivity index (χ1n) is 6.36. The molecular formula is C12H21NO4S. The zero-order chi connectivity index (χ0) is 13.7. The Hall–Kier alpha value is -0.910. The molecule has 6 heteroatoms. The molecule has 1 heterocycles. The summed E-state index contributed by atoms with van der Waals surface area (Å²) >= 11 is 0. The molecule has 0 bridgehead atoms. The zero-order valence-electron chi connectivity index (χ0n) is 10.9. The van der Waals surface area contributed by atoms with E-state index in [9.17, 15) is 13.8 Å². The molecule has 0 spiro atoms. The van der Waals surface area contributed by atoms with Crippen molar-refractivity contribution < 1.29 is 18.9 Å². The molecule has 1 aliphatic rings. The van der Waals surface area contributed by atoms with Crippen LogP contribution in [0.25, 0.3) is 0 Å². The first-order valence-corrected chi connectivity index (χ1v) is 7.63. The van der Waals surface area contributed by atoms with E-state index in [1.807, 2.05) is 0 Å². The highest BCUT2D eigenvalue weighted by atomic mass is 32.2. The highest BCUT2D eigenvalue weighted by Gasteiger charge is 2.31. The molecule has 0 aromatic rings. The third-order valence-corrected chi connectivity index (χ3v) is 5.11. The van der Waals surface area contributed by atoms with Gasteiger partial charge in [0.1, 0.15) is 10.5 Å². The second kappa shape index (κ2) is 6.87. The molecule has 104 valence electrons. The minimum absolute atomic E-state index is 0.177. The van der Waals surface area contributed by atoms with Gasteiger partial charge in [0.15, 0.2) is 0 Å². The summed E-state index contributed by atoms with van der Waals surface area (Å²) in [7, 11) is -1.67. The number of aliphatic carboxylic acids is 1. The molecule has 18 heavy (non-hydrogen) atoms. The van der Waals surface area contributed by atoms with Crippen molar-refractivity contribution >= 4 is 22.7 Å². The number of hydrogen-bond donors (Lipinski definition) is 1. The standard InChI is InChI=1S/C12H21NO4S/c1-9(18(17)10(2)12(15)16)11(14)13-7-5-3-4-6-8-13/h9-10H,3-8H2,1-2H3,(H,15,16). The first-order chi connectivity index (χ1) is 8.45. The fourth-order valence-electron chi connectivity index (χ4n) is 2.05. The van der Waals surface area contributed by atoms with E-state index in [-0.39, 0.29) is 5.91 Å². The topological polar surface area (TPSA) is 74.7 Å². The summed E-state index contributed by atoms with van der Waals surface area (Å²) in [5.74, 6) is -1.30. The normalized spacial score (nSPS) is 21.8. The van der Waals surface area contributed by atoms with Crippen molar-refractivity contribution in [2.45, 2.75) is 50.0 Å². The van der Waals surface area contributed by atoms with Gasteiger partial charge >= 0.3 is 5.97 Å². The molecule has 3 atom stereocenters. The molecule has 0 aromatic carbocycles. The van der Waals surface area contributed by atoms with Crippen molar-refractivity contribution in [3.05, 3.63) is 0 Å². The van der Waals surface area contributed by atoms with Crippen molar-refractivity contribution in [2.75, 3.05) is 13.1 Å². The molecule has 5 nitrogen and oxygen atoms in total. The van der Waals surface area contributed by atoms with E-state index >= 15 is 0 Å². The van der Waals surface area contributed by atoms with E-state index in [0.717, 1.165) is 25.7 Å². The molecular weight excluding hydrogens is 254 g/mol. The van der Waals surface area contributed by atoms with Gasteiger partial charge in [-0.3, -0.25) is 13.8 Å². The number of amides is 1. The minimum Gasteiger partial charge on any atom is -0.480 e. The van der Waals surface area contributed by atoms with E-state index in [1.165, 1.54) is 6.92 Å². The number of nitrogens with zero attached hydrogens (tertiary/aromatic N) is 1. The number of carboxylic acid groups (broad SMARTS) is 1. The number of rotatable bonds is 4. The summed E-state index contributed by atoms with van der Waals surface area (Å²) in [5.41, 5.74) is 0. The van der Waals surface area contributed by atoms with E-state index in [0.29, 0.717) is 13.1 Å². The van der Waals surface area contributed by atoms with E-state index in [4.69, 9.17) is 5.11 Å². The van der Waals surface area contributed by atoms with Gasteiger partial charge in [-0.1, -0.05) is 12.8 Å². The number of carbonyl (C=O) groups excluding carboxylic acids is 1. The van der Waals surface area contributed by atoms with Gasteiger partial charge in [0.2, 0.25) is 5.91 Å². The smallest absolute Gasteiger partial charge is 0.319 e. The molecule has 1 amide bonds. The Bertz CT molecular complexity index is 337. The van der Waals surface area contributed by atoms with Crippen molar-refractivity contribution in [1.29, 1.82) is 0 Å². The van der Waals surface area contributed by atoms with Crippen LogP contribution in [0.4, 0.5) is 0 Å². The Labute approximate surface area is 110 Å². The summed E-state index contributed by atoms with van der Waals surface area (Å²) in [6.45, 7) is 4.33. The Morgan fingerprint density at radius 3 is 2.00 bits per heavy atom. The van der Waals surface area contributed by atoms with Gasteiger partial charge < -0.3 is 10.0 Å². The van der Waals surface area contributed by atoms with Crippen molar-refractivity contribution in [1.82, 2.24) is 4.90 Å².